The number of para-hydroxylation sites is 3. The zero-order valence-electron chi connectivity index (χ0n) is 22.3. The lowest BCUT2D eigenvalue weighted by molar-refractivity contribution is -0.134. The number of benzene rings is 2. The monoisotopic (exact) mass is 505 g/mol. The van der Waals surface area contributed by atoms with Gasteiger partial charge in [-0.25, -0.2) is 4.98 Å². The van der Waals surface area contributed by atoms with Crippen LogP contribution in [-0.4, -0.2) is 47.7 Å². The van der Waals surface area contributed by atoms with Gasteiger partial charge < -0.3 is 14.4 Å². The quantitative estimate of drug-likeness (QED) is 0.296. The van der Waals surface area contributed by atoms with Crippen molar-refractivity contribution in [3.8, 4) is 11.4 Å². The van der Waals surface area contributed by atoms with Gasteiger partial charge in [0, 0.05) is 26.7 Å². The fraction of sp³-hybridized carbons (Fsp3) is 0.500. The predicted octanol–water partition coefficient (Wildman–Crippen LogP) is 5.68. The SMILES string of the molecule is CCC(c1nc2ccccc2c(=O)n1-c1ccccc1OC)N(CCCOC)C(=O)CCC1CCCC1. The number of hydrogen-bond acceptors (Lipinski definition) is 5. The molecule has 1 saturated carbocycles. The van der Waals surface area contributed by atoms with E-state index in [1.54, 1.807) is 24.9 Å². The van der Waals surface area contributed by atoms with Crippen molar-refractivity contribution in [2.75, 3.05) is 27.4 Å². The molecule has 0 spiro atoms. The molecule has 1 aliphatic rings. The summed E-state index contributed by atoms with van der Waals surface area (Å²) in [5, 5.41) is 0.533. The second-order valence-corrected chi connectivity index (χ2v) is 9.85. The van der Waals surface area contributed by atoms with Gasteiger partial charge in [-0.05, 0) is 49.4 Å². The fourth-order valence-electron chi connectivity index (χ4n) is 5.57. The number of hydrogen-bond donors (Lipinski definition) is 0. The minimum absolute atomic E-state index is 0.115. The molecule has 7 nitrogen and oxygen atoms in total. The van der Waals surface area contributed by atoms with Crippen LogP contribution in [0.2, 0.25) is 0 Å². The van der Waals surface area contributed by atoms with Gasteiger partial charge >= 0.3 is 0 Å². The molecule has 1 unspecified atom stereocenters. The summed E-state index contributed by atoms with van der Waals surface area (Å²) < 4.78 is 12.6. The van der Waals surface area contributed by atoms with E-state index in [-0.39, 0.29) is 17.5 Å². The van der Waals surface area contributed by atoms with Crippen molar-refractivity contribution >= 4 is 16.8 Å². The molecule has 4 rings (SSSR count). The molecule has 1 fully saturated rings. The van der Waals surface area contributed by atoms with Crippen LogP contribution in [0.3, 0.4) is 0 Å². The molecule has 1 heterocycles. The molecule has 1 aromatic heterocycles. The molecular formula is C30H39N3O4. The summed E-state index contributed by atoms with van der Waals surface area (Å²) in [7, 11) is 3.27. The summed E-state index contributed by atoms with van der Waals surface area (Å²) in [6, 6.07) is 14.5. The zero-order chi connectivity index (χ0) is 26.2. The minimum Gasteiger partial charge on any atom is -0.495 e. The average Bonchev–Trinajstić information content (AvgIpc) is 3.45. The largest absolute Gasteiger partial charge is 0.495 e. The van der Waals surface area contributed by atoms with Crippen molar-refractivity contribution in [2.24, 2.45) is 5.92 Å². The summed E-state index contributed by atoms with van der Waals surface area (Å²) in [5.41, 5.74) is 1.08. The second kappa shape index (κ2) is 12.9. The number of aromatic nitrogens is 2. The third-order valence-electron chi connectivity index (χ3n) is 7.50. The van der Waals surface area contributed by atoms with Gasteiger partial charge in [-0.1, -0.05) is 56.9 Å². The second-order valence-electron chi connectivity index (χ2n) is 9.85. The van der Waals surface area contributed by atoms with Crippen LogP contribution in [0.15, 0.2) is 53.3 Å². The summed E-state index contributed by atoms with van der Waals surface area (Å²) in [6.07, 6.45) is 7.74. The van der Waals surface area contributed by atoms with Gasteiger partial charge in [-0.15, -0.1) is 0 Å². The molecule has 198 valence electrons. The molecule has 2 aromatic carbocycles. The normalized spacial score (nSPS) is 14.7. The van der Waals surface area contributed by atoms with E-state index >= 15 is 0 Å². The number of amides is 1. The number of carbonyl (C=O) groups is 1. The van der Waals surface area contributed by atoms with Crippen LogP contribution in [0.25, 0.3) is 16.6 Å². The van der Waals surface area contributed by atoms with Crippen LogP contribution in [-0.2, 0) is 9.53 Å². The van der Waals surface area contributed by atoms with E-state index in [1.807, 2.05) is 54.3 Å². The number of carbonyl (C=O) groups excluding carboxylic acids is 1. The van der Waals surface area contributed by atoms with E-state index in [4.69, 9.17) is 14.5 Å². The third-order valence-corrected chi connectivity index (χ3v) is 7.50. The number of rotatable bonds is 12. The molecule has 1 aliphatic carbocycles. The molecule has 1 amide bonds. The molecule has 37 heavy (non-hydrogen) atoms. The Morgan fingerprint density at radius 3 is 2.57 bits per heavy atom. The molecule has 0 radical (unpaired) electrons. The van der Waals surface area contributed by atoms with E-state index in [9.17, 15) is 9.59 Å². The first-order chi connectivity index (χ1) is 18.1. The molecule has 0 N–H and O–H groups in total. The van der Waals surface area contributed by atoms with E-state index in [0.29, 0.717) is 66.5 Å². The Labute approximate surface area is 219 Å². The highest BCUT2D eigenvalue weighted by atomic mass is 16.5. The van der Waals surface area contributed by atoms with Crippen molar-refractivity contribution in [3.63, 3.8) is 0 Å². The number of methoxy groups -OCH3 is 2. The van der Waals surface area contributed by atoms with Gasteiger partial charge in [0.1, 0.15) is 11.6 Å². The Morgan fingerprint density at radius 2 is 1.84 bits per heavy atom. The van der Waals surface area contributed by atoms with Crippen molar-refractivity contribution in [1.29, 1.82) is 0 Å². The summed E-state index contributed by atoms with van der Waals surface area (Å²) in [4.78, 5) is 34.6. The molecule has 1 atom stereocenters. The standard InChI is InChI=1S/C30H39N3O4/c1-4-25(32(20-11-21-36-2)28(34)19-18-22-12-5-6-13-22)29-31-24-15-8-7-14-23(24)30(35)33(29)26-16-9-10-17-27(26)37-3/h7-10,14-17,22,25H,4-6,11-13,18-21H2,1-3H3. The van der Waals surface area contributed by atoms with Gasteiger partial charge in [0.2, 0.25) is 5.91 Å². The maximum absolute atomic E-state index is 13.9. The first-order valence-electron chi connectivity index (χ1n) is 13.5. The van der Waals surface area contributed by atoms with Gasteiger partial charge in [0.15, 0.2) is 0 Å². The lowest BCUT2D eigenvalue weighted by Crippen LogP contribution is -2.39. The summed E-state index contributed by atoms with van der Waals surface area (Å²) in [5.74, 6) is 1.89. The van der Waals surface area contributed by atoms with Gasteiger partial charge in [-0.3, -0.25) is 14.2 Å². The van der Waals surface area contributed by atoms with E-state index in [2.05, 4.69) is 0 Å². The molecule has 0 saturated heterocycles. The van der Waals surface area contributed by atoms with Crippen LogP contribution in [0.1, 0.15) is 70.2 Å². The molecule has 7 heteroatoms. The number of nitrogens with zero attached hydrogens (tertiary/aromatic N) is 3. The number of ether oxygens (including phenoxy) is 2. The van der Waals surface area contributed by atoms with Crippen molar-refractivity contribution in [3.05, 3.63) is 64.7 Å². The van der Waals surface area contributed by atoms with E-state index in [0.717, 1.165) is 6.42 Å². The first kappa shape index (κ1) is 26.9. The van der Waals surface area contributed by atoms with Gasteiger partial charge in [0.25, 0.3) is 5.56 Å². The fourth-order valence-corrected chi connectivity index (χ4v) is 5.57. The summed E-state index contributed by atoms with van der Waals surface area (Å²) >= 11 is 0. The lowest BCUT2D eigenvalue weighted by Gasteiger charge is -2.33. The minimum atomic E-state index is -0.366. The van der Waals surface area contributed by atoms with Crippen molar-refractivity contribution in [1.82, 2.24) is 14.5 Å². The smallest absolute Gasteiger partial charge is 0.266 e. The Balaban J connectivity index is 1.82. The highest BCUT2D eigenvalue weighted by Crippen LogP contribution is 2.32. The van der Waals surface area contributed by atoms with Crippen LogP contribution in [0.5, 0.6) is 5.75 Å². The Morgan fingerprint density at radius 1 is 1.11 bits per heavy atom. The van der Waals surface area contributed by atoms with Crippen LogP contribution in [0, 0.1) is 5.92 Å². The van der Waals surface area contributed by atoms with Crippen molar-refractivity contribution < 1.29 is 14.3 Å². The van der Waals surface area contributed by atoms with Crippen molar-refractivity contribution in [2.45, 2.75) is 64.3 Å². The van der Waals surface area contributed by atoms with Crippen LogP contribution < -0.4 is 10.3 Å². The Bertz CT molecular complexity index is 1250. The summed E-state index contributed by atoms with van der Waals surface area (Å²) in [6.45, 7) is 3.16. The number of fused-ring (bicyclic) bond motifs is 1. The maximum atomic E-state index is 13.9. The molecule has 0 bridgehead atoms. The maximum Gasteiger partial charge on any atom is 0.266 e. The van der Waals surface area contributed by atoms with Crippen LogP contribution in [0.4, 0.5) is 0 Å². The molecule has 3 aromatic rings. The lowest BCUT2D eigenvalue weighted by atomic mass is 10.0. The molecule has 0 aliphatic heterocycles. The Hall–Kier alpha value is -3.19. The highest BCUT2D eigenvalue weighted by molar-refractivity contribution is 5.79. The van der Waals surface area contributed by atoms with E-state index in [1.165, 1.54) is 25.7 Å². The zero-order valence-corrected chi connectivity index (χ0v) is 22.3. The van der Waals surface area contributed by atoms with E-state index < -0.39 is 0 Å². The predicted molar refractivity (Wildman–Crippen MR) is 146 cm³/mol. The van der Waals surface area contributed by atoms with Gasteiger partial charge in [-0.2, -0.15) is 0 Å². The highest BCUT2D eigenvalue weighted by Gasteiger charge is 2.30. The van der Waals surface area contributed by atoms with Crippen LogP contribution >= 0.6 is 0 Å². The average molecular weight is 506 g/mol. The van der Waals surface area contributed by atoms with Gasteiger partial charge in [0.05, 0.1) is 29.7 Å². The Kier molecular flexibility index (Phi) is 9.34. The first-order valence-corrected chi connectivity index (χ1v) is 13.5. The third kappa shape index (κ3) is 6.04. The molecular weight excluding hydrogens is 466 g/mol. The topological polar surface area (TPSA) is 73.7 Å².